The Bertz CT molecular complexity index is 1050. The molecular formula is C21H24N2O4S2. The maximum absolute atomic E-state index is 12.8. The van der Waals surface area contributed by atoms with E-state index in [0.717, 1.165) is 16.1 Å². The number of aryl methyl sites for hydroxylation is 1. The van der Waals surface area contributed by atoms with Crippen LogP contribution in [0.2, 0.25) is 0 Å². The normalized spacial score (nSPS) is 16.5. The molecule has 2 aromatic rings. The van der Waals surface area contributed by atoms with Crippen LogP contribution in [-0.2, 0) is 19.4 Å². The third-order valence-corrected chi connectivity index (χ3v) is 7.90. The van der Waals surface area contributed by atoms with Gasteiger partial charge in [0.15, 0.2) is 9.84 Å². The van der Waals surface area contributed by atoms with Crippen molar-refractivity contribution in [3.05, 3.63) is 48.0 Å². The van der Waals surface area contributed by atoms with Crippen LogP contribution in [0.15, 0.2) is 52.3 Å². The molecule has 1 heterocycles. The number of benzene rings is 2. The highest BCUT2D eigenvalue weighted by molar-refractivity contribution is 7.99. The average Bonchev–Trinajstić information content (AvgIpc) is 2.83. The highest BCUT2D eigenvalue weighted by Crippen LogP contribution is 2.34. The van der Waals surface area contributed by atoms with E-state index in [0.29, 0.717) is 11.4 Å². The summed E-state index contributed by atoms with van der Waals surface area (Å²) >= 11 is 1.52. The summed E-state index contributed by atoms with van der Waals surface area (Å²) in [6, 6.07) is 12.2. The van der Waals surface area contributed by atoms with Gasteiger partial charge in [-0.3, -0.25) is 9.59 Å². The minimum Gasteiger partial charge on any atom is -0.325 e. The number of hydrogen-bond donors (Lipinski definition) is 1. The molecule has 0 radical (unpaired) electrons. The summed E-state index contributed by atoms with van der Waals surface area (Å²) in [5.74, 6) is -0.196. The first-order valence-electron chi connectivity index (χ1n) is 9.31. The van der Waals surface area contributed by atoms with Crippen LogP contribution in [0.4, 0.5) is 11.4 Å². The molecule has 0 aliphatic carbocycles. The summed E-state index contributed by atoms with van der Waals surface area (Å²) in [7, 11) is -2.02. The number of carbonyl (C=O) groups excluding carboxylic acids is 2. The minimum atomic E-state index is -3.66. The van der Waals surface area contributed by atoms with Crippen molar-refractivity contribution in [2.75, 3.05) is 28.8 Å². The molecule has 3 rings (SSSR count). The van der Waals surface area contributed by atoms with Gasteiger partial charge in [0, 0.05) is 35.7 Å². The summed E-state index contributed by atoms with van der Waals surface area (Å²) in [6.07, 6.45) is -0.123. The SMILES string of the molecule is Cc1cccc(N(C)C(=O)CCS(=O)(=O)c2ccc3c(c2)NC(=O)[C@H](C)CS3)c1. The summed E-state index contributed by atoms with van der Waals surface area (Å²) in [6.45, 7) is 3.77. The Labute approximate surface area is 175 Å². The van der Waals surface area contributed by atoms with E-state index in [-0.39, 0.29) is 34.8 Å². The minimum absolute atomic E-state index is 0.109. The van der Waals surface area contributed by atoms with Gasteiger partial charge in [-0.05, 0) is 42.8 Å². The largest absolute Gasteiger partial charge is 0.325 e. The fourth-order valence-electron chi connectivity index (χ4n) is 2.96. The van der Waals surface area contributed by atoms with E-state index < -0.39 is 9.84 Å². The highest BCUT2D eigenvalue weighted by atomic mass is 32.2. The fourth-order valence-corrected chi connectivity index (χ4v) is 5.22. The van der Waals surface area contributed by atoms with Crippen LogP contribution in [0.3, 0.4) is 0 Å². The lowest BCUT2D eigenvalue weighted by molar-refractivity contribution is -0.119. The number of carbonyl (C=O) groups is 2. The second-order valence-electron chi connectivity index (χ2n) is 7.22. The zero-order chi connectivity index (χ0) is 21.2. The zero-order valence-electron chi connectivity index (χ0n) is 16.6. The Hall–Kier alpha value is -2.32. The Morgan fingerprint density at radius 1 is 1.24 bits per heavy atom. The first-order chi connectivity index (χ1) is 13.7. The molecule has 1 N–H and O–H groups in total. The van der Waals surface area contributed by atoms with Crippen molar-refractivity contribution < 1.29 is 18.0 Å². The predicted molar refractivity (Wildman–Crippen MR) is 116 cm³/mol. The first-order valence-corrected chi connectivity index (χ1v) is 11.9. The number of amides is 2. The molecule has 1 aliphatic heterocycles. The van der Waals surface area contributed by atoms with E-state index in [9.17, 15) is 18.0 Å². The lowest BCUT2D eigenvalue weighted by Gasteiger charge is -2.18. The van der Waals surface area contributed by atoms with Crippen molar-refractivity contribution >= 4 is 44.8 Å². The molecule has 29 heavy (non-hydrogen) atoms. The van der Waals surface area contributed by atoms with Gasteiger partial charge in [-0.1, -0.05) is 19.1 Å². The second-order valence-corrected chi connectivity index (χ2v) is 10.4. The van der Waals surface area contributed by atoms with E-state index in [1.54, 1.807) is 13.1 Å². The summed E-state index contributed by atoms with van der Waals surface area (Å²) in [5.41, 5.74) is 2.26. The van der Waals surface area contributed by atoms with Crippen LogP contribution in [0.1, 0.15) is 18.9 Å². The molecule has 0 fully saturated rings. The Morgan fingerprint density at radius 3 is 2.72 bits per heavy atom. The molecular weight excluding hydrogens is 408 g/mol. The molecule has 2 aromatic carbocycles. The number of sulfone groups is 1. The van der Waals surface area contributed by atoms with E-state index >= 15 is 0 Å². The molecule has 2 amide bonds. The summed E-state index contributed by atoms with van der Waals surface area (Å²) in [5, 5.41) is 2.80. The molecule has 1 atom stereocenters. The van der Waals surface area contributed by atoms with Gasteiger partial charge in [-0.15, -0.1) is 11.8 Å². The van der Waals surface area contributed by atoms with E-state index in [1.165, 1.54) is 28.8 Å². The monoisotopic (exact) mass is 432 g/mol. The highest BCUT2D eigenvalue weighted by Gasteiger charge is 2.24. The van der Waals surface area contributed by atoms with E-state index in [2.05, 4.69) is 5.32 Å². The van der Waals surface area contributed by atoms with Gasteiger partial charge in [-0.2, -0.15) is 0 Å². The zero-order valence-corrected chi connectivity index (χ0v) is 18.3. The van der Waals surface area contributed by atoms with Gasteiger partial charge in [-0.25, -0.2) is 8.42 Å². The van der Waals surface area contributed by atoms with Crippen LogP contribution >= 0.6 is 11.8 Å². The van der Waals surface area contributed by atoms with Crippen LogP contribution < -0.4 is 10.2 Å². The molecule has 8 heteroatoms. The van der Waals surface area contributed by atoms with E-state index in [1.807, 2.05) is 38.1 Å². The van der Waals surface area contributed by atoms with Crippen LogP contribution in [0.5, 0.6) is 0 Å². The Kier molecular flexibility index (Phi) is 6.33. The second kappa shape index (κ2) is 8.59. The average molecular weight is 433 g/mol. The van der Waals surface area contributed by atoms with Crippen molar-refractivity contribution in [2.24, 2.45) is 5.92 Å². The van der Waals surface area contributed by atoms with Gasteiger partial charge in [0.2, 0.25) is 11.8 Å². The van der Waals surface area contributed by atoms with Crippen molar-refractivity contribution in [1.82, 2.24) is 0 Å². The molecule has 0 bridgehead atoms. The number of anilines is 2. The van der Waals surface area contributed by atoms with Crippen LogP contribution in [-0.4, -0.2) is 38.8 Å². The number of rotatable bonds is 5. The summed E-state index contributed by atoms with van der Waals surface area (Å²) in [4.78, 5) is 27.0. The first kappa shape index (κ1) is 21.4. The molecule has 0 saturated carbocycles. The maximum Gasteiger partial charge on any atom is 0.228 e. The summed E-state index contributed by atoms with van der Waals surface area (Å²) < 4.78 is 25.6. The van der Waals surface area contributed by atoms with Gasteiger partial charge in [0.25, 0.3) is 0 Å². The number of nitrogens with one attached hydrogen (secondary N) is 1. The van der Waals surface area contributed by atoms with E-state index in [4.69, 9.17) is 0 Å². The van der Waals surface area contributed by atoms with Gasteiger partial charge in [0.05, 0.1) is 16.3 Å². The molecule has 1 aliphatic rings. The molecule has 0 unspecified atom stereocenters. The standard InChI is InChI=1S/C21H24N2O4S2/c1-14-5-4-6-16(11-14)23(3)20(24)9-10-29(26,27)17-7-8-19-18(12-17)22-21(25)15(2)13-28-19/h4-8,11-12,15H,9-10,13H2,1-3H3,(H,22,25)/t15-/m1/s1. The predicted octanol–water partition coefficient (Wildman–Crippen LogP) is 3.50. The molecule has 154 valence electrons. The molecule has 6 nitrogen and oxygen atoms in total. The number of nitrogens with zero attached hydrogens (tertiary/aromatic N) is 1. The van der Waals surface area contributed by atoms with Crippen molar-refractivity contribution in [1.29, 1.82) is 0 Å². The topological polar surface area (TPSA) is 83.6 Å². The van der Waals surface area contributed by atoms with Gasteiger partial charge >= 0.3 is 0 Å². The van der Waals surface area contributed by atoms with Crippen molar-refractivity contribution in [3.8, 4) is 0 Å². The van der Waals surface area contributed by atoms with Crippen molar-refractivity contribution in [3.63, 3.8) is 0 Å². The quantitative estimate of drug-likeness (QED) is 0.782. The van der Waals surface area contributed by atoms with Crippen LogP contribution in [0.25, 0.3) is 0 Å². The fraction of sp³-hybridized carbons (Fsp3) is 0.333. The Morgan fingerprint density at radius 2 is 2.00 bits per heavy atom. The van der Waals surface area contributed by atoms with Crippen molar-refractivity contribution in [2.45, 2.75) is 30.1 Å². The third kappa shape index (κ3) is 5.00. The smallest absolute Gasteiger partial charge is 0.228 e. The maximum atomic E-state index is 12.8. The lowest BCUT2D eigenvalue weighted by atomic mass is 10.2. The van der Waals surface area contributed by atoms with Gasteiger partial charge < -0.3 is 10.2 Å². The third-order valence-electron chi connectivity index (χ3n) is 4.85. The molecule has 0 spiro atoms. The van der Waals surface area contributed by atoms with Gasteiger partial charge in [0.1, 0.15) is 0 Å². The lowest BCUT2D eigenvalue weighted by Crippen LogP contribution is -2.28. The number of thioether (sulfide) groups is 1. The molecule has 0 aromatic heterocycles. The number of hydrogen-bond acceptors (Lipinski definition) is 5. The molecule has 0 saturated heterocycles. The Balaban J connectivity index is 1.72. The van der Waals surface area contributed by atoms with Crippen LogP contribution in [0, 0.1) is 12.8 Å². The number of fused-ring (bicyclic) bond motifs is 1.